The van der Waals surface area contributed by atoms with Crippen LogP contribution in [-0.4, -0.2) is 34.0 Å². The summed E-state index contributed by atoms with van der Waals surface area (Å²) >= 11 is 12.5. The lowest BCUT2D eigenvalue weighted by Gasteiger charge is -2.31. The van der Waals surface area contributed by atoms with Crippen molar-refractivity contribution in [3.8, 4) is 0 Å². The molecule has 0 aliphatic carbocycles. The van der Waals surface area contributed by atoms with E-state index < -0.39 is 5.79 Å². The van der Waals surface area contributed by atoms with Gasteiger partial charge in [-0.15, -0.1) is 0 Å². The van der Waals surface area contributed by atoms with E-state index in [9.17, 15) is 0 Å². The summed E-state index contributed by atoms with van der Waals surface area (Å²) in [5.74, 6) is -0.455. The predicted molar refractivity (Wildman–Crippen MR) is 132 cm³/mol. The van der Waals surface area contributed by atoms with Gasteiger partial charge in [-0.05, 0) is 43.4 Å². The first-order valence-electron chi connectivity index (χ1n) is 11.0. The van der Waals surface area contributed by atoms with Crippen LogP contribution in [0.15, 0.2) is 52.6 Å². The standard InChI is InChI=1S/C23H25Cl2N7O/c24-17-5-3-4-14(20(17)25)9-10-23(27)30-21(29-22(26)31-23)15-7-8-16-13-28-32(18(16)12-15)19-6-1-2-11-33-19/h3-5,7-8,12-13,19H,1-2,6,9-11,27H2,(H3,26,29,30,31). The smallest absolute Gasteiger partial charge is 0.220 e. The van der Waals surface area contributed by atoms with Crippen molar-refractivity contribution in [3.05, 3.63) is 63.8 Å². The van der Waals surface area contributed by atoms with E-state index in [2.05, 4.69) is 20.4 Å². The van der Waals surface area contributed by atoms with Gasteiger partial charge in [0.25, 0.3) is 0 Å². The molecule has 3 heterocycles. The quantitative estimate of drug-likeness (QED) is 0.505. The monoisotopic (exact) mass is 485 g/mol. The summed E-state index contributed by atoms with van der Waals surface area (Å²) in [6.45, 7) is 0.749. The Morgan fingerprint density at radius 2 is 2.09 bits per heavy atom. The number of nitrogens with zero attached hydrogens (tertiary/aromatic N) is 4. The molecule has 0 radical (unpaired) electrons. The second-order valence-corrected chi connectivity index (χ2v) is 9.16. The van der Waals surface area contributed by atoms with Crippen molar-refractivity contribution in [2.24, 2.45) is 21.5 Å². The number of fused-ring (bicyclic) bond motifs is 1. The van der Waals surface area contributed by atoms with E-state index in [-0.39, 0.29) is 12.2 Å². The van der Waals surface area contributed by atoms with Crippen molar-refractivity contribution in [1.29, 1.82) is 0 Å². The minimum Gasteiger partial charge on any atom is -0.368 e. The highest BCUT2D eigenvalue weighted by Crippen LogP contribution is 2.29. The zero-order chi connectivity index (χ0) is 23.0. The highest BCUT2D eigenvalue weighted by Gasteiger charge is 2.30. The molecule has 2 unspecified atom stereocenters. The lowest BCUT2D eigenvalue weighted by Crippen LogP contribution is -2.58. The Labute approximate surface area is 201 Å². The fourth-order valence-corrected chi connectivity index (χ4v) is 4.67. The van der Waals surface area contributed by atoms with Gasteiger partial charge in [0, 0.05) is 24.0 Å². The van der Waals surface area contributed by atoms with Gasteiger partial charge in [-0.2, -0.15) is 10.1 Å². The molecule has 5 N–H and O–H groups in total. The van der Waals surface area contributed by atoms with Crippen LogP contribution in [0, 0.1) is 0 Å². The van der Waals surface area contributed by atoms with Crippen LogP contribution in [0.4, 0.5) is 0 Å². The highest BCUT2D eigenvalue weighted by atomic mass is 35.5. The Bertz CT molecular complexity index is 1250. The molecule has 2 aliphatic rings. The van der Waals surface area contributed by atoms with Gasteiger partial charge in [0.15, 0.2) is 12.0 Å². The summed E-state index contributed by atoms with van der Waals surface area (Å²) in [5.41, 5.74) is 15.3. The summed E-state index contributed by atoms with van der Waals surface area (Å²) < 4.78 is 7.87. The molecule has 0 spiro atoms. The van der Waals surface area contributed by atoms with Crippen molar-refractivity contribution >= 4 is 45.9 Å². The lowest BCUT2D eigenvalue weighted by atomic mass is 10.0. The minimum absolute atomic E-state index is 0.0598. The van der Waals surface area contributed by atoms with Crippen LogP contribution in [0.1, 0.15) is 43.0 Å². The number of amidine groups is 1. The molecule has 0 bridgehead atoms. The largest absolute Gasteiger partial charge is 0.368 e. The Morgan fingerprint density at radius 1 is 1.21 bits per heavy atom. The fourth-order valence-electron chi connectivity index (χ4n) is 4.26. The Morgan fingerprint density at radius 3 is 2.91 bits per heavy atom. The van der Waals surface area contributed by atoms with E-state index in [1.165, 1.54) is 0 Å². The molecule has 0 saturated carbocycles. The number of benzene rings is 2. The van der Waals surface area contributed by atoms with Crippen LogP contribution in [0.2, 0.25) is 10.0 Å². The fraction of sp³-hybridized carbons (Fsp3) is 0.348. The van der Waals surface area contributed by atoms with E-state index >= 15 is 0 Å². The average Bonchev–Trinajstić information content (AvgIpc) is 3.23. The topological polar surface area (TPSA) is 116 Å². The third-order valence-corrected chi connectivity index (χ3v) is 6.84. The van der Waals surface area contributed by atoms with Crippen LogP contribution in [0.3, 0.4) is 0 Å². The molecule has 172 valence electrons. The van der Waals surface area contributed by atoms with Crippen molar-refractivity contribution in [2.75, 3.05) is 6.61 Å². The van der Waals surface area contributed by atoms with Crippen LogP contribution in [-0.2, 0) is 11.2 Å². The van der Waals surface area contributed by atoms with Crippen molar-refractivity contribution in [3.63, 3.8) is 0 Å². The number of nitrogens with two attached hydrogens (primary N) is 2. The molecule has 1 fully saturated rings. The molecule has 5 rings (SSSR count). The number of guanidine groups is 1. The maximum Gasteiger partial charge on any atom is 0.220 e. The number of aromatic nitrogens is 2. The second kappa shape index (κ2) is 8.95. The number of hydrogen-bond donors (Lipinski definition) is 3. The maximum absolute atomic E-state index is 6.58. The Balaban J connectivity index is 1.40. The van der Waals surface area contributed by atoms with Gasteiger partial charge >= 0.3 is 0 Å². The first-order valence-corrected chi connectivity index (χ1v) is 11.7. The zero-order valence-electron chi connectivity index (χ0n) is 18.0. The van der Waals surface area contributed by atoms with Crippen LogP contribution >= 0.6 is 23.2 Å². The van der Waals surface area contributed by atoms with Gasteiger partial charge in [0.1, 0.15) is 5.84 Å². The van der Waals surface area contributed by atoms with Crippen LogP contribution < -0.4 is 16.8 Å². The molecule has 3 aromatic rings. The van der Waals surface area contributed by atoms with Gasteiger partial charge in [-0.3, -0.25) is 5.73 Å². The van der Waals surface area contributed by atoms with Crippen LogP contribution in [0.25, 0.3) is 10.9 Å². The molecule has 2 aromatic carbocycles. The summed E-state index contributed by atoms with van der Waals surface area (Å²) in [6.07, 6.45) is 5.96. The van der Waals surface area contributed by atoms with E-state index in [4.69, 9.17) is 39.4 Å². The summed E-state index contributed by atoms with van der Waals surface area (Å²) in [7, 11) is 0. The SMILES string of the molecule is NC1=NC(N)(CCc2cccc(Cl)c2Cl)NC(c2ccc3cnn(C4CCCCO4)c3c2)=N1. The molecule has 1 aromatic heterocycles. The average molecular weight is 486 g/mol. The molecule has 10 heteroatoms. The predicted octanol–water partition coefficient (Wildman–Crippen LogP) is 3.95. The van der Waals surface area contributed by atoms with Crippen molar-refractivity contribution < 1.29 is 4.74 Å². The number of ether oxygens (including phenoxy) is 1. The van der Waals surface area contributed by atoms with E-state index in [0.717, 1.165) is 47.9 Å². The third-order valence-electron chi connectivity index (χ3n) is 5.98. The first kappa shape index (κ1) is 22.2. The lowest BCUT2D eigenvalue weighted by molar-refractivity contribution is -0.0366. The number of hydrogen-bond acceptors (Lipinski definition) is 7. The van der Waals surface area contributed by atoms with Gasteiger partial charge in [-0.25, -0.2) is 9.67 Å². The van der Waals surface area contributed by atoms with Crippen molar-refractivity contribution in [1.82, 2.24) is 15.1 Å². The molecule has 33 heavy (non-hydrogen) atoms. The molecule has 2 atom stereocenters. The first-order chi connectivity index (χ1) is 15.9. The summed E-state index contributed by atoms with van der Waals surface area (Å²) in [6, 6.07) is 11.5. The molecule has 2 aliphatic heterocycles. The molecule has 1 saturated heterocycles. The zero-order valence-corrected chi connectivity index (χ0v) is 19.5. The molecule has 8 nitrogen and oxygen atoms in total. The number of aliphatic imine (C=N–C) groups is 2. The minimum atomic E-state index is -1.13. The molecular weight excluding hydrogens is 461 g/mol. The number of aryl methyl sites for hydroxylation is 1. The normalized spacial score (nSPS) is 23.2. The van der Waals surface area contributed by atoms with Gasteiger partial charge in [0.2, 0.25) is 5.96 Å². The molecular formula is C23H25Cl2N7O. The number of nitrogens with one attached hydrogen (secondary N) is 1. The summed E-state index contributed by atoms with van der Waals surface area (Å²) in [5, 5.41) is 9.88. The number of halogens is 2. The third kappa shape index (κ3) is 4.56. The molecule has 0 amide bonds. The van der Waals surface area contributed by atoms with Gasteiger partial charge in [0.05, 0.1) is 21.8 Å². The summed E-state index contributed by atoms with van der Waals surface area (Å²) in [4.78, 5) is 8.77. The Kier molecular flexibility index (Phi) is 6.01. The number of rotatable bonds is 5. The van der Waals surface area contributed by atoms with E-state index in [1.54, 1.807) is 6.07 Å². The highest BCUT2D eigenvalue weighted by molar-refractivity contribution is 6.42. The van der Waals surface area contributed by atoms with Crippen molar-refractivity contribution in [2.45, 2.75) is 44.1 Å². The Hall–Kier alpha value is -2.65. The van der Waals surface area contributed by atoms with E-state index in [0.29, 0.717) is 28.7 Å². The second-order valence-electron chi connectivity index (χ2n) is 8.38. The van der Waals surface area contributed by atoms with Crippen LogP contribution in [0.5, 0.6) is 0 Å². The van der Waals surface area contributed by atoms with E-state index in [1.807, 2.05) is 41.2 Å². The maximum atomic E-state index is 6.58. The van der Waals surface area contributed by atoms with Gasteiger partial charge < -0.3 is 15.8 Å². The van der Waals surface area contributed by atoms with Gasteiger partial charge in [-0.1, -0.05) is 47.5 Å².